The monoisotopic (exact) mass is 299 g/mol. The third kappa shape index (κ3) is 3.30. The van der Waals surface area contributed by atoms with Gasteiger partial charge in [-0.15, -0.1) is 0 Å². The van der Waals surface area contributed by atoms with Gasteiger partial charge in [-0.05, 0) is 18.2 Å². The van der Waals surface area contributed by atoms with Crippen LogP contribution in [0.4, 0.5) is 22.0 Å². The van der Waals surface area contributed by atoms with Crippen LogP contribution >= 0.6 is 23.2 Å². The number of nitrogen functional groups attached to an aromatic ring is 1. The molecule has 0 spiro atoms. The Labute approximate surface area is 119 Å². The summed E-state index contributed by atoms with van der Waals surface area (Å²) >= 11 is 11.7. The molecule has 0 aliphatic rings. The van der Waals surface area contributed by atoms with E-state index in [1.54, 1.807) is 25.2 Å². The Kier molecular flexibility index (Phi) is 3.82. The number of carbonyl (C=O) groups is 1. The van der Waals surface area contributed by atoms with E-state index in [-0.39, 0.29) is 0 Å². The molecule has 2 aromatic rings. The number of anilines is 3. The zero-order valence-electron chi connectivity index (χ0n) is 9.95. The fourth-order valence-electron chi connectivity index (χ4n) is 1.50. The van der Waals surface area contributed by atoms with Gasteiger partial charge in [-0.3, -0.25) is 10.00 Å². The molecule has 2 rings (SSSR count). The largest absolute Gasteiger partial charge is 0.394 e. The summed E-state index contributed by atoms with van der Waals surface area (Å²) in [4.78, 5) is 11.8. The van der Waals surface area contributed by atoms with Crippen molar-refractivity contribution in [3.05, 3.63) is 34.4 Å². The fraction of sp³-hybridized carbons (Fsp3) is 0.0909. The van der Waals surface area contributed by atoms with E-state index in [2.05, 4.69) is 15.7 Å². The fourth-order valence-corrected chi connectivity index (χ4v) is 2.03. The molecule has 19 heavy (non-hydrogen) atoms. The molecule has 0 aliphatic carbocycles. The smallest absolute Gasteiger partial charge is 0.324 e. The van der Waals surface area contributed by atoms with E-state index in [0.29, 0.717) is 27.2 Å². The predicted octanol–water partition coefficient (Wildman–Crippen LogP) is 2.95. The van der Waals surface area contributed by atoms with Gasteiger partial charge in [0.2, 0.25) is 0 Å². The average Bonchev–Trinajstić information content (AvgIpc) is 2.59. The van der Waals surface area contributed by atoms with Gasteiger partial charge in [0.05, 0.1) is 11.9 Å². The van der Waals surface area contributed by atoms with Crippen molar-refractivity contribution < 1.29 is 4.79 Å². The number of rotatable bonds is 2. The lowest BCUT2D eigenvalue weighted by Gasteiger charge is -2.09. The highest BCUT2D eigenvalue weighted by Gasteiger charge is 2.10. The van der Waals surface area contributed by atoms with E-state index in [9.17, 15) is 4.79 Å². The number of aryl methyl sites for hydroxylation is 1. The van der Waals surface area contributed by atoms with E-state index in [1.807, 2.05) is 0 Å². The molecule has 2 amide bonds. The summed E-state index contributed by atoms with van der Waals surface area (Å²) in [6, 6.07) is 4.28. The molecule has 1 aromatic heterocycles. The van der Waals surface area contributed by atoms with Crippen LogP contribution in [0.15, 0.2) is 24.4 Å². The number of urea groups is 1. The summed E-state index contributed by atoms with van der Waals surface area (Å²) in [7, 11) is 1.67. The topological polar surface area (TPSA) is 85.0 Å². The number of benzene rings is 1. The first kappa shape index (κ1) is 13.5. The van der Waals surface area contributed by atoms with Crippen molar-refractivity contribution in [1.82, 2.24) is 9.78 Å². The first-order valence-corrected chi connectivity index (χ1v) is 6.03. The second kappa shape index (κ2) is 5.38. The lowest BCUT2D eigenvalue weighted by Crippen LogP contribution is -2.21. The highest BCUT2D eigenvalue weighted by atomic mass is 35.5. The van der Waals surface area contributed by atoms with E-state index in [1.165, 1.54) is 10.9 Å². The van der Waals surface area contributed by atoms with Crippen LogP contribution in [-0.4, -0.2) is 15.8 Å². The van der Waals surface area contributed by atoms with Crippen LogP contribution < -0.4 is 16.4 Å². The van der Waals surface area contributed by atoms with Crippen LogP contribution in [0, 0.1) is 0 Å². The van der Waals surface area contributed by atoms with Gasteiger partial charge in [-0.1, -0.05) is 23.2 Å². The molecule has 8 heteroatoms. The van der Waals surface area contributed by atoms with Gasteiger partial charge in [0.25, 0.3) is 0 Å². The summed E-state index contributed by atoms with van der Waals surface area (Å²) in [5.74, 6) is 0.408. The van der Waals surface area contributed by atoms with Gasteiger partial charge in [-0.25, -0.2) is 4.79 Å². The molecule has 0 fully saturated rings. The molecular formula is C11H11Cl2N5O. The van der Waals surface area contributed by atoms with Gasteiger partial charge in [0, 0.05) is 22.8 Å². The number of hydrogen-bond donors (Lipinski definition) is 3. The van der Waals surface area contributed by atoms with Gasteiger partial charge in [-0.2, -0.15) is 5.10 Å². The minimum absolute atomic E-state index is 0.377. The number of aromatic nitrogens is 2. The van der Waals surface area contributed by atoms with Gasteiger partial charge in [0.1, 0.15) is 0 Å². The first-order chi connectivity index (χ1) is 8.95. The minimum atomic E-state index is -0.464. The zero-order valence-corrected chi connectivity index (χ0v) is 11.5. The Morgan fingerprint density at radius 1 is 1.26 bits per heavy atom. The second-order valence-electron chi connectivity index (χ2n) is 3.81. The summed E-state index contributed by atoms with van der Waals surface area (Å²) in [5, 5.41) is 9.96. The number of nitrogens with two attached hydrogens (primary N) is 1. The molecule has 0 bridgehead atoms. The first-order valence-electron chi connectivity index (χ1n) is 5.27. The van der Waals surface area contributed by atoms with Crippen LogP contribution in [0.3, 0.4) is 0 Å². The van der Waals surface area contributed by atoms with Crippen LogP contribution in [0.1, 0.15) is 0 Å². The number of hydrogen-bond acceptors (Lipinski definition) is 3. The maximum atomic E-state index is 11.8. The third-order valence-corrected chi connectivity index (χ3v) is 2.76. The van der Waals surface area contributed by atoms with Crippen LogP contribution in [0.2, 0.25) is 10.0 Å². The predicted molar refractivity (Wildman–Crippen MR) is 76.7 cm³/mol. The van der Waals surface area contributed by atoms with Crippen molar-refractivity contribution in [2.75, 3.05) is 16.4 Å². The maximum Gasteiger partial charge on any atom is 0.324 e. The van der Waals surface area contributed by atoms with Gasteiger partial charge < -0.3 is 11.1 Å². The van der Waals surface area contributed by atoms with E-state index in [0.717, 1.165) is 0 Å². The summed E-state index contributed by atoms with van der Waals surface area (Å²) in [6.07, 6.45) is 1.45. The minimum Gasteiger partial charge on any atom is -0.394 e. The molecule has 0 saturated carbocycles. The maximum absolute atomic E-state index is 11.8. The molecule has 0 unspecified atom stereocenters. The van der Waals surface area contributed by atoms with E-state index in [4.69, 9.17) is 28.9 Å². The van der Waals surface area contributed by atoms with Crippen molar-refractivity contribution in [2.45, 2.75) is 0 Å². The number of carbonyl (C=O) groups excluding carboxylic acids is 1. The highest BCUT2D eigenvalue weighted by molar-refractivity contribution is 6.35. The van der Waals surface area contributed by atoms with Crippen molar-refractivity contribution in [2.24, 2.45) is 7.05 Å². The molecular weight excluding hydrogens is 289 g/mol. The molecule has 1 aromatic carbocycles. The van der Waals surface area contributed by atoms with Crippen molar-refractivity contribution >= 4 is 46.4 Å². The normalized spacial score (nSPS) is 10.3. The third-order valence-electron chi connectivity index (χ3n) is 2.32. The SMILES string of the molecule is Cn1ncc(N)c1NC(=O)Nc1cc(Cl)cc(Cl)c1. The molecule has 100 valence electrons. The molecule has 0 saturated heterocycles. The molecule has 0 aliphatic heterocycles. The summed E-state index contributed by atoms with van der Waals surface area (Å²) < 4.78 is 1.46. The average molecular weight is 300 g/mol. The Morgan fingerprint density at radius 3 is 2.42 bits per heavy atom. The molecule has 6 nitrogen and oxygen atoms in total. The van der Waals surface area contributed by atoms with Gasteiger partial charge in [0.15, 0.2) is 5.82 Å². The Hall–Kier alpha value is -1.92. The standard InChI is InChI=1S/C11H11Cl2N5O/c1-18-10(9(14)5-15-18)17-11(19)16-8-3-6(12)2-7(13)4-8/h2-5H,14H2,1H3,(H2,16,17,19). The van der Waals surface area contributed by atoms with Crippen LogP contribution in [0.25, 0.3) is 0 Å². The van der Waals surface area contributed by atoms with Crippen molar-refractivity contribution in [3.63, 3.8) is 0 Å². The van der Waals surface area contributed by atoms with Crippen molar-refractivity contribution in [1.29, 1.82) is 0 Å². The molecule has 4 N–H and O–H groups in total. The number of nitrogens with one attached hydrogen (secondary N) is 2. The number of nitrogens with zero attached hydrogens (tertiary/aromatic N) is 2. The summed E-state index contributed by atoms with van der Waals surface area (Å²) in [6.45, 7) is 0. The second-order valence-corrected chi connectivity index (χ2v) is 4.68. The lowest BCUT2D eigenvalue weighted by atomic mass is 10.3. The molecule has 0 radical (unpaired) electrons. The summed E-state index contributed by atoms with van der Waals surface area (Å²) in [5.41, 5.74) is 6.52. The van der Waals surface area contributed by atoms with E-state index >= 15 is 0 Å². The lowest BCUT2D eigenvalue weighted by molar-refractivity contribution is 0.262. The zero-order chi connectivity index (χ0) is 14.0. The van der Waals surface area contributed by atoms with Crippen LogP contribution in [-0.2, 0) is 7.05 Å². The molecule has 1 heterocycles. The molecule has 0 atom stereocenters. The number of amides is 2. The van der Waals surface area contributed by atoms with Crippen molar-refractivity contribution in [3.8, 4) is 0 Å². The van der Waals surface area contributed by atoms with Crippen LogP contribution in [0.5, 0.6) is 0 Å². The number of halogens is 2. The highest BCUT2D eigenvalue weighted by Crippen LogP contribution is 2.23. The van der Waals surface area contributed by atoms with Gasteiger partial charge >= 0.3 is 6.03 Å². The van der Waals surface area contributed by atoms with E-state index < -0.39 is 6.03 Å². The quantitative estimate of drug-likeness (QED) is 0.797. The Morgan fingerprint density at radius 2 is 1.89 bits per heavy atom. The Balaban J connectivity index is 2.09. The Bertz CT molecular complexity index is 586.